The number of carbonyl (C=O) groups is 1. The molecule has 2 N–H and O–H groups in total. The number of nitrogens with one attached hydrogen (secondary N) is 1. The van der Waals surface area contributed by atoms with Gasteiger partial charge in [0.05, 0.1) is 10.5 Å². The summed E-state index contributed by atoms with van der Waals surface area (Å²) < 4.78 is 84.9. The predicted octanol–water partition coefficient (Wildman–Crippen LogP) is 4.45. The van der Waals surface area contributed by atoms with E-state index in [4.69, 9.17) is 9.84 Å². The summed E-state index contributed by atoms with van der Waals surface area (Å²) in [6, 6.07) is 12.7. The molecular weight excluding hydrogens is 466 g/mol. The zero-order valence-corrected chi connectivity index (χ0v) is 17.6. The normalized spacial score (nSPS) is 11.9. The van der Waals surface area contributed by atoms with Gasteiger partial charge in [0.15, 0.2) is 6.61 Å². The number of benzene rings is 3. The van der Waals surface area contributed by atoms with Crippen molar-refractivity contribution in [3.8, 4) is 16.9 Å². The summed E-state index contributed by atoms with van der Waals surface area (Å²) in [5.74, 6) is -1.86. The molecule has 0 unspecified atom stereocenters. The zero-order valence-electron chi connectivity index (χ0n) is 16.8. The van der Waals surface area contributed by atoms with Gasteiger partial charge in [-0.25, -0.2) is 22.3 Å². The standard InChI is InChI=1S/C22H17F4NO5S/c23-17-5-7-18(8-6-17)33(30,31)27-12-14-4-9-20(32-13-21(28)29)19(10-14)15-2-1-3-16(11-15)22(24,25)26/h1-11,27H,12-13H2,(H,28,29). The van der Waals surface area contributed by atoms with Gasteiger partial charge in [0, 0.05) is 12.1 Å². The van der Waals surface area contributed by atoms with Crippen LogP contribution in [0.3, 0.4) is 0 Å². The smallest absolute Gasteiger partial charge is 0.416 e. The molecular formula is C22H17F4NO5S. The maximum absolute atomic E-state index is 13.1. The first-order chi connectivity index (χ1) is 15.5. The minimum Gasteiger partial charge on any atom is -0.481 e. The van der Waals surface area contributed by atoms with E-state index >= 15 is 0 Å². The average molecular weight is 483 g/mol. The lowest BCUT2D eigenvalue weighted by Crippen LogP contribution is -2.23. The van der Waals surface area contributed by atoms with E-state index in [1.54, 1.807) is 0 Å². The SMILES string of the molecule is O=C(O)COc1ccc(CNS(=O)(=O)c2ccc(F)cc2)cc1-c1cccc(C(F)(F)F)c1. The fraction of sp³-hybridized carbons (Fsp3) is 0.136. The molecule has 0 heterocycles. The van der Waals surface area contributed by atoms with E-state index in [9.17, 15) is 30.8 Å². The van der Waals surface area contributed by atoms with Crippen LogP contribution < -0.4 is 9.46 Å². The molecule has 0 amide bonds. The molecule has 0 aromatic heterocycles. The van der Waals surface area contributed by atoms with Crippen molar-refractivity contribution in [1.29, 1.82) is 0 Å². The molecule has 3 rings (SSSR count). The number of halogens is 4. The number of sulfonamides is 1. The molecule has 0 radical (unpaired) electrons. The van der Waals surface area contributed by atoms with Gasteiger partial charge in [-0.15, -0.1) is 0 Å². The lowest BCUT2D eigenvalue weighted by molar-refractivity contribution is -0.139. The van der Waals surface area contributed by atoms with Gasteiger partial charge in [-0.2, -0.15) is 13.2 Å². The van der Waals surface area contributed by atoms with Crippen LogP contribution in [0.4, 0.5) is 17.6 Å². The molecule has 0 saturated carbocycles. The highest BCUT2D eigenvalue weighted by molar-refractivity contribution is 7.89. The minimum absolute atomic E-state index is 0.0156. The molecule has 0 spiro atoms. The van der Waals surface area contributed by atoms with Crippen molar-refractivity contribution in [2.24, 2.45) is 0 Å². The summed E-state index contributed by atoms with van der Waals surface area (Å²) in [6.45, 7) is -0.951. The highest BCUT2D eigenvalue weighted by atomic mass is 32.2. The molecule has 11 heteroatoms. The molecule has 0 aliphatic rings. The van der Waals surface area contributed by atoms with Gasteiger partial charge < -0.3 is 9.84 Å². The first-order valence-corrected chi connectivity index (χ1v) is 10.8. The lowest BCUT2D eigenvalue weighted by atomic mass is 9.99. The number of aliphatic carboxylic acids is 1. The van der Waals surface area contributed by atoms with E-state index in [0.717, 1.165) is 36.4 Å². The van der Waals surface area contributed by atoms with Crippen LogP contribution in [0.2, 0.25) is 0 Å². The van der Waals surface area contributed by atoms with Crippen molar-refractivity contribution in [1.82, 2.24) is 4.72 Å². The monoisotopic (exact) mass is 483 g/mol. The molecule has 3 aromatic rings. The second-order valence-electron chi connectivity index (χ2n) is 6.87. The van der Waals surface area contributed by atoms with Crippen LogP contribution in [0.25, 0.3) is 11.1 Å². The number of carboxylic acid groups (broad SMARTS) is 1. The fourth-order valence-corrected chi connectivity index (χ4v) is 3.93. The first-order valence-electron chi connectivity index (χ1n) is 9.36. The van der Waals surface area contributed by atoms with Crippen LogP contribution in [0.1, 0.15) is 11.1 Å². The third kappa shape index (κ3) is 6.30. The summed E-state index contributed by atoms with van der Waals surface area (Å²) in [5.41, 5.74) is -0.281. The summed E-state index contributed by atoms with van der Waals surface area (Å²) in [6.07, 6.45) is -4.60. The fourth-order valence-electron chi connectivity index (χ4n) is 2.92. The highest BCUT2D eigenvalue weighted by Crippen LogP contribution is 2.36. The Morgan fingerprint density at radius 3 is 2.33 bits per heavy atom. The average Bonchev–Trinajstić information content (AvgIpc) is 2.76. The Morgan fingerprint density at radius 2 is 1.70 bits per heavy atom. The molecule has 0 atom stereocenters. The van der Waals surface area contributed by atoms with Crippen LogP contribution >= 0.6 is 0 Å². The van der Waals surface area contributed by atoms with Crippen molar-refractivity contribution >= 4 is 16.0 Å². The molecule has 3 aromatic carbocycles. The molecule has 0 bridgehead atoms. The Balaban J connectivity index is 1.93. The number of ether oxygens (including phenoxy) is 1. The summed E-state index contributed by atoms with van der Waals surface area (Å²) in [4.78, 5) is 10.7. The van der Waals surface area contributed by atoms with Gasteiger partial charge in [-0.05, 0) is 59.7 Å². The minimum atomic E-state index is -4.60. The van der Waals surface area contributed by atoms with Gasteiger partial charge in [0.25, 0.3) is 0 Å². The Kier molecular flexibility index (Phi) is 7.04. The summed E-state index contributed by atoms with van der Waals surface area (Å²) in [5, 5.41) is 8.87. The summed E-state index contributed by atoms with van der Waals surface area (Å²) >= 11 is 0. The van der Waals surface area contributed by atoms with Crippen LogP contribution in [0.5, 0.6) is 5.75 Å². The van der Waals surface area contributed by atoms with Crippen molar-refractivity contribution in [3.05, 3.63) is 83.7 Å². The Bertz CT molecular complexity index is 1260. The van der Waals surface area contributed by atoms with Gasteiger partial charge >= 0.3 is 12.1 Å². The Hall–Kier alpha value is -3.44. The molecule has 0 saturated heterocycles. The number of hydrogen-bond donors (Lipinski definition) is 2. The number of carboxylic acids is 1. The second kappa shape index (κ2) is 9.59. The molecule has 0 aliphatic carbocycles. The molecule has 6 nitrogen and oxygen atoms in total. The van der Waals surface area contributed by atoms with Crippen LogP contribution in [-0.4, -0.2) is 26.1 Å². The predicted molar refractivity (Wildman–Crippen MR) is 110 cm³/mol. The summed E-state index contributed by atoms with van der Waals surface area (Å²) in [7, 11) is -3.98. The van der Waals surface area contributed by atoms with Crippen molar-refractivity contribution in [2.75, 3.05) is 6.61 Å². The van der Waals surface area contributed by atoms with Crippen molar-refractivity contribution < 1.29 is 40.6 Å². The largest absolute Gasteiger partial charge is 0.481 e. The Labute approximate surface area is 186 Å². The van der Waals surface area contributed by atoms with Gasteiger partial charge in [0.2, 0.25) is 10.0 Å². The van der Waals surface area contributed by atoms with E-state index in [2.05, 4.69) is 4.72 Å². The highest BCUT2D eigenvalue weighted by Gasteiger charge is 2.30. The number of hydrogen-bond acceptors (Lipinski definition) is 4. The van der Waals surface area contributed by atoms with Crippen molar-refractivity contribution in [3.63, 3.8) is 0 Å². The van der Waals surface area contributed by atoms with Crippen LogP contribution in [-0.2, 0) is 27.5 Å². The number of alkyl halides is 3. The molecule has 174 valence electrons. The van der Waals surface area contributed by atoms with E-state index in [1.165, 1.54) is 30.3 Å². The quantitative estimate of drug-likeness (QED) is 0.462. The topological polar surface area (TPSA) is 92.7 Å². The Morgan fingerprint density at radius 1 is 1.00 bits per heavy atom. The molecule has 0 fully saturated rings. The maximum Gasteiger partial charge on any atom is 0.416 e. The third-order valence-electron chi connectivity index (χ3n) is 4.49. The van der Waals surface area contributed by atoms with E-state index in [0.29, 0.717) is 5.56 Å². The van der Waals surface area contributed by atoms with Gasteiger partial charge in [-0.1, -0.05) is 18.2 Å². The molecule has 0 aliphatic heterocycles. The molecule has 33 heavy (non-hydrogen) atoms. The zero-order chi connectivity index (χ0) is 24.2. The lowest BCUT2D eigenvalue weighted by Gasteiger charge is -2.15. The van der Waals surface area contributed by atoms with Crippen LogP contribution in [0.15, 0.2) is 71.6 Å². The second-order valence-corrected chi connectivity index (χ2v) is 8.64. The maximum atomic E-state index is 13.1. The van der Waals surface area contributed by atoms with E-state index in [1.807, 2.05) is 0 Å². The first kappa shape index (κ1) is 24.2. The number of rotatable bonds is 8. The van der Waals surface area contributed by atoms with Crippen molar-refractivity contribution in [2.45, 2.75) is 17.6 Å². The van der Waals surface area contributed by atoms with Gasteiger partial charge in [0.1, 0.15) is 11.6 Å². The third-order valence-corrected chi connectivity index (χ3v) is 5.90. The van der Waals surface area contributed by atoms with Gasteiger partial charge in [-0.3, -0.25) is 0 Å². The van der Waals surface area contributed by atoms with Crippen LogP contribution in [0, 0.1) is 5.82 Å². The van der Waals surface area contributed by atoms with E-state index < -0.39 is 40.2 Å². The van der Waals surface area contributed by atoms with E-state index in [-0.39, 0.29) is 28.3 Å².